The summed E-state index contributed by atoms with van der Waals surface area (Å²) in [5.41, 5.74) is 0.752. The van der Waals surface area contributed by atoms with Crippen LogP contribution in [0.4, 0.5) is 5.69 Å². The highest BCUT2D eigenvalue weighted by Crippen LogP contribution is 2.24. The van der Waals surface area contributed by atoms with Gasteiger partial charge in [-0.25, -0.2) is 0 Å². The molecule has 4 heteroatoms. The fourth-order valence-electron chi connectivity index (χ4n) is 2.08. The molecule has 4 nitrogen and oxygen atoms in total. The Hall–Kier alpha value is -1.55. The number of anilines is 1. The van der Waals surface area contributed by atoms with Crippen molar-refractivity contribution in [3.8, 4) is 5.75 Å². The van der Waals surface area contributed by atoms with Gasteiger partial charge in [-0.3, -0.25) is 4.79 Å². The maximum Gasteiger partial charge on any atom is 0.241 e. The Kier molecular flexibility index (Phi) is 4.80. The van der Waals surface area contributed by atoms with Crippen LogP contribution in [0.2, 0.25) is 0 Å². The molecule has 0 bridgehead atoms. The molecule has 1 aliphatic heterocycles. The van der Waals surface area contributed by atoms with E-state index in [4.69, 9.17) is 4.74 Å². The second-order valence-corrected chi connectivity index (χ2v) is 5.34. The standard InChI is InChI=1S/C15H22N2O2/c1-11(2)10-19-14-8-4-3-6-12(14)17-15(18)13-7-5-9-16-13/h3-4,6,8,11,13,16H,5,7,9-10H2,1-2H3,(H,17,18)/t13-/m0/s1. The first-order chi connectivity index (χ1) is 9.16. The van der Waals surface area contributed by atoms with Crippen molar-refractivity contribution < 1.29 is 9.53 Å². The van der Waals surface area contributed by atoms with Gasteiger partial charge in [-0.1, -0.05) is 26.0 Å². The van der Waals surface area contributed by atoms with Crippen LogP contribution in [0.1, 0.15) is 26.7 Å². The van der Waals surface area contributed by atoms with Crippen LogP contribution in [0.25, 0.3) is 0 Å². The van der Waals surface area contributed by atoms with E-state index in [-0.39, 0.29) is 11.9 Å². The van der Waals surface area contributed by atoms with Crippen molar-refractivity contribution in [1.29, 1.82) is 0 Å². The van der Waals surface area contributed by atoms with Crippen molar-refractivity contribution in [2.24, 2.45) is 5.92 Å². The summed E-state index contributed by atoms with van der Waals surface area (Å²) >= 11 is 0. The van der Waals surface area contributed by atoms with Crippen LogP contribution < -0.4 is 15.4 Å². The first-order valence-electron chi connectivity index (χ1n) is 6.93. The minimum Gasteiger partial charge on any atom is -0.491 e. The number of carbonyl (C=O) groups is 1. The smallest absolute Gasteiger partial charge is 0.241 e. The van der Waals surface area contributed by atoms with Gasteiger partial charge in [-0.05, 0) is 37.4 Å². The fraction of sp³-hybridized carbons (Fsp3) is 0.533. The summed E-state index contributed by atoms with van der Waals surface area (Å²) in [7, 11) is 0. The summed E-state index contributed by atoms with van der Waals surface area (Å²) in [5.74, 6) is 1.22. The quantitative estimate of drug-likeness (QED) is 0.856. The molecule has 0 aromatic heterocycles. The molecule has 1 aromatic rings. The van der Waals surface area contributed by atoms with Crippen molar-refractivity contribution >= 4 is 11.6 Å². The first kappa shape index (κ1) is 13.9. The van der Waals surface area contributed by atoms with Crippen LogP contribution >= 0.6 is 0 Å². The van der Waals surface area contributed by atoms with Gasteiger partial charge in [0.25, 0.3) is 0 Å². The molecule has 0 aliphatic carbocycles. The van der Waals surface area contributed by atoms with E-state index in [1.165, 1.54) is 0 Å². The molecule has 1 amide bonds. The zero-order valence-electron chi connectivity index (χ0n) is 11.6. The third-order valence-electron chi connectivity index (χ3n) is 3.09. The maximum atomic E-state index is 12.1. The molecule has 0 unspecified atom stereocenters. The van der Waals surface area contributed by atoms with Crippen LogP contribution in [-0.2, 0) is 4.79 Å². The number of hydrogen-bond donors (Lipinski definition) is 2. The normalized spacial score (nSPS) is 18.6. The minimum atomic E-state index is -0.0712. The van der Waals surface area contributed by atoms with E-state index in [9.17, 15) is 4.79 Å². The molecule has 0 spiro atoms. The van der Waals surface area contributed by atoms with Gasteiger partial charge in [0.2, 0.25) is 5.91 Å². The number of nitrogens with one attached hydrogen (secondary N) is 2. The Bertz CT molecular complexity index is 426. The Morgan fingerprint density at radius 3 is 2.95 bits per heavy atom. The molecule has 1 aliphatic rings. The average molecular weight is 262 g/mol. The highest BCUT2D eigenvalue weighted by molar-refractivity contribution is 5.96. The average Bonchev–Trinajstić information content (AvgIpc) is 2.91. The number of ether oxygens (including phenoxy) is 1. The van der Waals surface area contributed by atoms with Crippen LogP contribution in [0.3, 0.4) is 0 Å². The summed E-state index contributed by atoms with van der Waals surface area (Å²) in [6, 6.07) is 7.51. The molecular weight excluding hydrogens is 240 g/mol. The van der Waals surface area contributed by atoms with Crippen molar-refractivity contribution in [3.63, 3.8) is 0 Å². The summed E-state index contributed by atoms with van der Waals surface area (Å²) < 4.78 is 5.73. The lowest BCUT2D eigenvalue weighted by Crippen LogP contribution is -2.35. The van der Waals surface area contributed by atoms with Gasteiger partial charge in [-0.15, -0.1) is 0 Å². The third-order valence-corrected chi connectivity index (χ3v) is 3.09. The zero-order valence-corrected chi connectivity index (χ0v) is 11.6. The Morgan fingerprint density at radius 1 is 1.47 bits per heavy atom. The lowest BCUT2D eigenvalue weighted by atomic mass is 10.2. The van der Waals surface area contributed by atoms with Gasteiger partial charge in [0.15, 0.2) is 0 Å². The van der Waals surface area contributed by atoms with E-state index in [1.54, 1.807) is 0 Å². The van der Waals surface area contributed by atoms with Crippen molar-refractivity contribution in [2.45, 2.75) is 32.7 Å². The molecule has 1 saturated heterocycles. The summed E-state index contributed by atoms with van der Waals surface area (Å²) in [6.07, 6.45) is 1.96. The second-order valence-electron chi connectivity index (χ2n) is 5.34. The molecule has 0 saturated carbocycles. The lowest BCUT2D eigenvalue weighted by Gasteiger charge is -2.15. The number of hydrogen-bond acceptors (Lipinski definition) is 3. The van der Waals surface area contributed by atoms with E-state index >= 15 is 0 Å². The Balaban J connectivity index is 2.00. The molecule has 2 N–H and O–H groups in total. The number of rotatable bonds is 5. The number of para-hydroxylation sites is 2. The van der Waals surface area contributed by atoms with E-state index < -0.39 is 0 Å². The van der Waals surface area contributed by atoms with E-state index in [1.807, 2.05) is 24.3 Å². The molecule has 1 aromatic carbocycles. The molecular formula is C15H22N2O2. The molecule has 1 atom stereocenters. The van der Waals surface area contributed by atoms with Gasteiger partial charge < -0.3 is 15.4 Å². The SMILES string of the molecule is CC(C)COc1ccccc1NC(=O)[C@@H]1CCCN1. The summed E-state index contributed by atoms with van der Waals surface area (Å²) in [6.45, 7) is 5.77. The van der Waals surface area contributed by atoms with Crippen LogP contribution in [-0.4, -0.2) is 25.1 Å². The molecule has 1 heterocycles. The van der Waals surface area contributed by atoms with Gasteiger partial charge in [0.1, 0.15) is 5.75 Å². The zero-order chi connectivity index (χ0) is 13.7. The van der Waals surface area contributed by atoms with Gasteiger partial charge in [0.05, 0.1) is 18.3 Å². The molecule has 19 heavy (non-hydrogen) atoms. The van der Waals surface area contributed by atoms with E-state index in [0.29, 0.717) is 12.5 Å². The van der Waals surface area contributed by atoms with Crippen molar-refractivity contribution in [1.82, 2.24) is 5.32 Å². The van der Waals surface area contributed by atoms with Gasteiger partial charge in [-0.2, -0.15) is 0 Å². The van der Waals surface area contributed by atoms with Crippen LogP contribution in [0, 0.1) is 5.92 Å². The van der Waals surface area contributed by atoms with Gasteiger partial charge in [0, 0.05) is 0 Å². The monoisotopic (exact) mass is 262 g/mol. The topological polar surface area (TPSA) is 50.4 Å². The Labute approximate surface area is 114 Å². The molecule has 1 fully saturated rings. The predicted octanol–water partition coefficient (Wildman–Crippen LogP) is 2.41. The van der Waals surface area contributed by atoms with Crippen molar-refractivity contribution in [2.75, 3.05) is 18.5 Å². The van der Waals surface area contributed by atoms with Crippen LogP contribution in [0.5, 0.6) is 5.75 Å². The second kappa shape index (κ2) is 6.57. The molecule has 2 rings (SSSR count). The lowest BCUT2D eigenvalue weighted by molar-refractivity contribution is -0.117. The largest absolute Gasteiger partial charge is 0.491 e. The van der Waals surface area contributed by atoms with Gasteiger partial charge >= 0.3 is 0 Å². The number of benzene rings is 1. The Morgan fingerprint density at radius 2 is 2.26 bits per heavy atom. The fourth-order valence-corrected chi connectivity index (χ4v) is 2.08. The highest BCUT2D eigenvalue weighted by Gasteiger charge is 2.22. The minimum absolute atomic E-state index is 0.0260. The maximum absolute atomic E-state index is 12.1. The molecule has 0 radical (unpaired) electrons. The first-order valence-corrected chi connectivity index (χ1v) is 6.93. The van der Waals surface area contributed by atoms with Crippen LogP contribution in [0.15, 0.2) is 24.3 Å². The molecule has 104 valence electrons. The summed E-state index contributed by atoms with van der Waals surface area (Å²) in [4.78, 5) is 12.1. The summed E-state index contributed by atoms with van der Waals surface area (Å²) in [5, 5.41) is 6.14. The third kappa shape index (κ3) is 3.96. The number of carbonyl (C=O) groups excluding carboxylic acids is 1. The van der Waals surface area contributed by atoms with E-state index in [2.05, 4.69) is 24.5 Å². The predicted molar refractivity (Wildman–Crippen MR) is 76.4 cm³/mol. The van der Waals surface area contributed by atoms with E-state index in [0.717, 1.165) is 30.8 Å². The van der Waals surface area contributed by atoms with Crippen molar-refractivity contribution in [3.05, 3.63) is 24.3 Å². The highest BCUT2D eigenvalue weighted by atomic mass is 16.5. The number of amides is 1.